The molecular weight excluding hydrogens is 364 g/mol. The van der Waals surface area contributed by atoms with Gasteiger partial charge in [-0.25, -0.2) is 13.4 Å². The Bertz CT molecular complexity index is 1070. The predicted octanol–water partition coefficient (Wildman–Crippen LogP) is 4.50. The highest BCUT2D eigenvalue weighted by Gasteiger charge is 2.32. The molecule has 4 nitrogen and oxygen atoms in total. The number of thiazole rings is 1. The van der Waals surface area contributed by atoms with Gasteiger partial charge in [0, 0.05) is 22.5 Å². The highest BCUT2D eigenvalue weighted by Crippen LogP contribution is 2.37. The van der Waals surface area contributed by atoms with E-state index < -0.39 is 10.0 Å². The van der Waals surface area contributed by atoms with E-state index in [1.165, 1.54) is 16.1 Å². The van der Waals surface area contributed by atoms with Crippen LogP contribution in [-0.4, -0.2) is 25.7 Å². The molecule has 134 valence electrons. The summed E-state index contributed by atoms with van der Waals surface area (Å²) in [6, 6.07) is 14.3. The molecule has 1 atom stereocenters. The van der Waals surface area contributed by atoms with Gasteiger partial charge < -0.3 is 0 Å². The Kier molecular flexibility index (Phi) is 4.12. The lowest BCUT2D eigenvalue weighted by Crippen LogP contribution is -2.34. The average molecular weight is 385 g/mol. The second-order valence-electron chi connectivity index (χ2n) is 6.86. The first kappa shape index (κ1) is 17.2. The SMILES string of the molecule is Cc1ccc(-c2nc(-c3ccc4c(c3)CC(C)N4S(C)(=O)=O)cs2)cc1. The summed E-state index contributed by atoms with van der Waals surface area (Å²) in [6.07, 6.45) is 1.99. The fourth-order valence-electron chi connectivity index (χ4n) is 3.50. The second-order valence-corrected chi connectivity index (χ2v) is 9.58. The zero-order chi connectivity index (χ0) is 18.5. The van der Waals surface area contributed by atoms with Gasteiger partial charge in [0.05, 0.1) is 17.6 Å². The van der Waals surface area contributed by atoms with Crippen LogP contribution >= 0.6 is 11.3 Å². The highest BCUT2D eigenvalue weighted by atomic mass is 32.2. The van der Waals surface area contributed by atoms with Crippen molar-refractivity contribution < 1.29 is 8.42 Å². The van der Waals surface area contributed by atoms with Gasteiger partial charge in [0.2, 0.25) is 10.0 Å². The van der Waals surface area contributed by atoms with Gasteiger partial charge in [-0.3, -0.25) is 4.31 Å². The summed E-state index contributed by atoms with van der Waals surface area (Å²) in [5, 5.41) is 3.05. The minimum Gasteiger partial charge on any atom is -0.267 e. The van der Waals surface area contributed by atoms with E-state index >= 15 is 0 Å². The van der Waals surface area contributed by atoms with Crippen molar-refractivity contribution in [3.63, 3.8) is 0 Å². The molecule has 2 aromatic carbocycles. The maximum atomic E-state index is 12.1. The molecule has 1 aliphatic heterocycles. The van der Waals surface area contributed by atoms with Crippen molar-refractivity contribution in [2.75, 3.05) is 10.6 Å². The highest BCUT2D eigenvalue weighted by molar-refractivity contribution is 7.92. The lowest BCUT2D eigenvalue weighted by molar-refractivity contribution is 0.590. The summed E-state index contributed by atoms with van der Waals surface area (Å²) < 4.78 is 25.6. The number of anilines is 1. The Morgan fingerprint density at radius 3 is 2.50 bits per heavy atom. The molecule has 26 heavy (non-hydrogen) atoms. The van der Waals surface area contributed by atoms with E-state index in [-0.39, 0.29) is 6.04 Å². The van der Waals surface area contributed by atoms with Crippen molar-refractivity contribution in [3.8, 4) is 21.8 Å². The fourth-order valence-corrected chi connectivity index (χ4v) is 5.60. The van der Waals surface area contributed by atoms with Crippen molar-refractivity contribution in [3.05, 3.63) is 59.0 Å². The van der Waals surface area contributed by atoms with Crippen molar-refractivity contribution in [1.29, 1.82) is 0 Å². The van der Waals surface area contributed by atoms with Crippen LogP contribution in [0, 0.1) is 6.92 Å². The van der Waals surface area contributed by atoms with Crippen LogP contribution in [0.25, 0.3) is 21.8 Å². The normalized spacial score (nSPS) is 16.7. The monoisotopic (exact) mass is 384 g/mol. The summed E-state index contributed by atoms with van der Waals surface area (Å²) in [4.78, 5) is 4.78. The van der Waals surface area contributed by atoms with Gasteiger partial charge in [-0.2, -0.15) is 0 Å². The summed E-state index contributed by atoms with van der Waals surface area (Å²) in [5.41, 5.74) is 6.15. The summed E-state index contributed by atoms with van der Waals surface area (Å²) >= 11 is 1.62. The number of aryl methyl sites for hydroxylation is 1. The van der Waals surface area contributed by atoms with Gasteiger partial charge >= 0.3 is 0 Å². The fraction of sp³-hybridized carbons (Fsp3) is 0.250. The lowest BCUT2D eigenvalue weighted by Gasteiger charge is -2.21. The molecular formula is C20H20N2O2S2. The minimum atomic E-state index is -3.26. The minimum absolute atomic E-state index is 0.0474. The first-order chi connectivity index (χ1) is 12.3. The molecule has 0 N–H and O–H groups in total. The van der Waals surface area contributed by atoms with Crippen LogP contribution in [0.5, 0.6) is 0 Å². The Hall–Kier alpha value is -2.18. The van der Waals surface area contributed by atoms with E-state index in [1.807, 2.05) is 19.1 Å². The molecule has 0 amide bonds. The Morgan fingerprint density at radius 1 is 1.12 bits per heavy atom. The smallest absolute Gasteiger partial charge is 0.232 e. The van der Waals surface area contributed by atoms with Crippen LogP contribution in [0.3, 0.4) is 0 Å². The van der Waals surface area contributed by atoms with Crippen molar-refractivity contribution in [2.45, 2.75) is 26.3 Å². The molecule has 1 aliphatic rings. The number of fused-ring (bicyclic) bond motifs is 1. The third-order valence-electron chi connectivity index (χ3n) is 4.69. The van der Waals surface area contributed by atoms with Crippen LogP contribution in [0.4, 0.5) is 5.69 Å². The Labute approximate surface area is 158 Å². The molecule has 0 saturated carbocycles. The van der Waals surface area contributed by atoms with Gasteiger partial charge in [0.1, 0.15) is 5.01 Å². The molecule has 2 heterocycles. The van der Waals surface area contributed by atoms with Crippen LogP contribution < -0.4 is 4.31 Å². The third kappa shape index (κ3) is 3.04. The molecule has 0 bridgehead atoms. The van der Waals surface area contributed by atoms with Crippen LogP contribution in [0.1, 0.15) is 18.1 Å². The standard InChI is InChI=1S/C20H20N2O2S2/c1-13-4-6-15(7-5-13)20-21-18(12-25-20)16-8-9-19-17(11-16)10-14(2)22(19)26(3,23)24/h4-9,11-12,14H,10H2,1-3H3. The van der Waals surface area contributed by atoms with Gasteiger partial charge in [0.15, 0.2) is 0 Å². The van der Waals surface area contributed by atoms with Gasteiger partial charge in [-0.05, 0) is 38.0 Å². The molecule has 0 radical (unpaired) electrons. The number of nitrogens with zero attached hydrogens (tertiary/aromatic N) is 2. The number of hydrogen-bond donors (Lipinski definition) is 0. The predicted molar refractivity (Wildman–Crippen MR) is 108 cm³/mol. The average Bonchev–Trinajstić information content (AvgIpc) is 3.17. The quantitative estimate of drug-likeness (QED) is 0.668. The molecule has 3 aromatic rings. The number of rotatable bonds is 3. The largest absolute Gasteiger partial charge is 0.267 e. The maximum absolute atomic E-state index is 12.1. The Balaban J connectivity index is 1.69. The molecule has 0 spiro atoms. The molecule has 4 rings (SSSR count). The van der Waals surface area contributed by atoms with Gasteiger partial charge in [-0.1, -0.05) is 35.9 Å². The zero-order valence-electron chi connectivity index (χ0n) is 14.9. The number of hydrogen-bond acceptors (Lipinski definition) is 4. The first-order valence-electron chi connectivity index (χ1n) is 8.48. The molecule has 0 saturated heterocycles. The molecule has 6 heteroatoms. The number of benzene rings is 2. The van der Waals surface area contributed by atoms with Crippen molar-refractivity contribution in [1.82, 2.24) is 4.98 Å². The summed E-state index contributed by atoms with van der Waals surface area (Å²) in [5.74, 6) is 0. The maximum Gasteiger partial charge on any atom is 0.232 e. The molecule has 1 unspecified atom stereocenters. The number of aromatic nitrogens is 1. The van der Waals surface area contributed by atoms with E-state index in [4.69, 9.17) is 4.98 Å². The van der Waals surface area contributed by atoms with Crippen LogP contribution in [0.15, 0.2) is 47.8 Å². The second kappa shape index (κ2) is 6.21. The van der Waals surface area contributed by atoms with Crippen LogP contribution in [0.2, 0.25) is 0 Å². The van der Waals surface area contributed by atoms with E-state index in [1.54, 1.807) is 11.3 Å². The molecule has 0 fully saturated rings. The molecule has 1 aromatic heterocycles. The van der Waals surface area contributed by atoms with E-state index in [0.29, 0.717) is 0 Å². The molecule has 0 aliphatic carbocycles. The Morgan fingerprint density at radius 2 is 1.81 bits per heavy atom. The van der Waals surface area contributed by atoms with Crippen molar-refractivity contribution >= 4 is 27.0 Å². The third-order valence-corrected chi connectivity index (χ3v) is 6.85. The van der Waals surface area contributed by atoms with E-state index in [0.717, 1.165) is 39.5 Å². The van der Waals surface area contributed by atoms with Crippen molar-refractivity contribution in [2.24, 2.45) is 0 Å². The van der Waals surface area contributed by atoms with Gasteiger partial charge in [-0.15, -0.1) is 11.3 Å². The van der Waals surface area contributed by atoms with Crippen LogP contribution in [-0.2, 0) is 16.4 Å². The lowest BCUT2D eigenvalue weighted by atomic mass is 10.1. The first-order valence-corrected chi connectivity index (χ1v) is 11.2. The van der Waals surface area contributed by atoms with Gasteiger partial charge in [0.25, 0.3) is 0 Å². The van der Waals surface area contributed by atoms with E-state index in [2.05, 4.69) is 42.6 Å². The topological polar surface area (TPSA) is 50.3 Å². The zero-order valence-corrected chi connectivity index (χ0v) is 16.6. The summed E-state index contributed by atoms with van der Waals surface area (Å²) in [7, 11) is -3.26. The number of sulfonamides is 1. The van der Waals surface area contributed by atoms with E-state index in [9.17, 15) is 8.42 Å². The summed E-state index contributed by atoms with van der Waals surface area (Å²) in [6.45, 7) is 4.02.